The predicted octanol–water partition coefficient (Wildman–Crippen LogP) is 3.61. The third-order valence-corrected chi connectivity index (χ3v) is 5.31. The van der Waals surface area contributed by atoms with E-state index in [1.807, 2.05) is 12.1 Å². The zero-order valence-corrected chi connectivity index (χ0v) is 15.2. The summed E-state index contributed by atoms with van der Waals surface area (Å²) in [6.07, 6.45) is 0.132. The number of benzene rings is 3. The molecule has 0 aliphatic heterocycles. The van der Waals surface area contributed by atoms with Crippen LogP contribution in [0, 0.1) is 0 Å². The zero-order chi connectivity index (χ0) is 19.9. The quantitative estimate of drug-likeness (QED) is 0.416. The van der Waals surface area contributed by atoms with Crippen molar-refractivity contribution in [3.63, 3.8) is 0 Å². The lowest BCUT2D eigenvalue weighted by Crippen LogP contribution is -2.42. The first-order valence-electron chi connectivity index (χ1n) is 8.82. The third-order valence-electron chi connectivity index (χ3n) is 5.31. The van der Waals surface area contributed by atoms with Gasteiger partial charge < -0.3 is 14.9 Å². The molecule has 0 radical (unpaired) electrons. The molecule has 0 aromatic heterocycles. The Kier molecular flexibility index (Phi) is 4.15. The zero-order valence-electron chi connectivity index (χ0n) is 15.2. The molecule has 3 aromatic rings. The Morgan fingerprint density at radius 2 is 1.64 bits per heavy atom. The van der Waals surface area contributed by atoms with E-state index in [1.54, 1.807) is 48.5 Å². The van der Waals surface area contributed by atoms with Crippen LogP contribution in [0.1, 0.15) is 21.5 Å². The average Bonchev–Trinajstić information content (AvgIpc) is 3.03. The minimum atomic E-state index is -1.60. The molecule has 5 heteroatoms. The van der Waals surface area contributed by atoms with Crippen molar-refractivity contribution in [2.75, 3.05) is 7.11 Å². The molecule has 0 bridgehead atoms. The number of carbonyl (C=O) groups is 2. The third kappa shape index (κ3) is 2.47. The molecule has 3 aromatic carbocycles. The van der Waals surface area contributed by atoms with E-state index in [2.05, 4.69) is 0 Å². The van der Waals surface area contributed by atoms with E-state index in [-0.39, 0.29) is 23.5 Å². The van der Waals surface area contributed by atoms with E-state index < -0.39 is 17.1 Å². The smallest absolute Gasteiger partial charge is 0.324 e. The fourth-order valence-corrected chi connectivity index (χ4v) is 3.89. The largest absolute Gasteiger partial charge is 0.504 e. The van der Waals surface area contributed by atoms with E-state index in [1.165, 1.54) is 13.2 Å². The molecule has 0 fully saturated rings. The molecule has 0 amide bonds. The maximum absolute atomic E-state index is 13.3. The molecule has 28 heavy (non-hydrogen) atoms. The highest BCUT2D eigenvalue weighted by Gasteiger charge is 2.54. The van der Waals surface area contributed by atoms with Crippen molar-refractivity contribution in [3.05, 3.63) is 83.4 Å². The van der Waals surface area contributed by atoms with Crippen molar-refractivity contribution < 1.29 is 24.5 Å². The molecule has 1 aliphatic carbocycles. The number of rotatable bonds is 3. The monoisotopic (exact) mass is 374 g/mol. The summed E-state index contributed by atoms with van der Waals surface area (Å²) in [5.74, 6) is -1.78. The van der Waals surface area contributed by atoms with Crippen LogP contribution in [0.15, 0.2) is 66.7 Å². The van der Waals surface area contributed by atoms with Crippen LogP contribution in [-0.4, -0.2) is 29.1 Å². The highest BCUT2D eigenvalue weighted by molar-refractivity contribution is 6.20. The van der Waals surface area contributed by atoms with Gasteiger partial charge in [0.15, 0.2) is 22.7 Å². The van der Waals surface area contributed by atoms with Crippen molar-refractivity contribution in [1.29, 1.82) is 0 Å². The lowest BCUT2D eigenvalue weighted by Gasteiger charge is -2.26. The van der Waals surface area contributed by atoms with E-state index in [0.29, 0.717) is 16.7 Å². The van der Waals surface area contributed by atoms with Crippen LogP contribution in [0.5, 0.6) is 11.5 Å². The fourth-order valence-electron chi connectivity index (χ4n) is 3.89. The number of phenols is 2. The number of hydrogen-bond donors (Lipinski definition) is 2. The van der Waals surface area contributed by atoms with Gasteiger partial charge in [-0.2, -0.15) is 0 Å². The number of aromatic hydroxyl groups is 2. The second-order valence-corrected chi connectivity index (χ2v) is 6.82. The first-order valence-corrected chi connectivity index (χ1v) is 8.82. The standard InChI is InChI=1S/C23H18O5/c1-28-22(27)23(13-15-9-5-6-10-17(15)21(23)26)16-11-18(20(25)19(24)12-16)14-7-3-2-4-8-14/h2-12,24-25H,13H2,1H3. The minimum absolute atomic E-state index is 0.132. The van der Waals surface area contributed by atoms with E-state index in [0.717, 1.165) is 5.56 Å². The molecule has 5 nitrogen and oxygen atoms in total. The second-order valence-electron chi connectivity index (χ2n) is 6.82. The number of hydrogen-bond acceptors (Lipinski definition) is 5. The Morgan fingerprint density at radius 1 is 0.964 bits per heavy atom. The fraction of sp³-hybridized carbons (Fsp3) is 0.130. The summed E-state index contributed by atoms with van der Waals surface area (Å²) in [7, 11) is 1.23. The summed E-state index contributed by atoms with van der Waals surface area (Å²) in [5, 5.41) is 20.7. The topological polar surface area (TPSA) is 83.8 Å². The molecule has 0 heterocycles. The van der Waals surface area contributed by atoms with Crippen molar-refractivity contribution in [1.82, 2.24) is 0 Å². The summed E-state index contributed by atoms with van der Waals surface area (Å²) >= 11 is 0. The molecular weight excluding hydrogens is 356 g/mol. The van der Waals surface area contributed by atoms with Crippen LogP contribution in [0.4, 0.5) is 0 Å². The Labute approximate surface area is 161 Å². The Balaban J connectivity index is 1.97. The number of phenolic OH excluding ortho intramolecular Hbond substituents is 2. The predicted molar refractivity (Wildman–Crippen MR) is 103 cm³/mol. The maximum atomic E-state index is 13.3. The molecule has 0 saturated carbocycles. The van der Waals surface area contributed by atoms with Crippen LogP contribution in [-0.2, 0) is 21.4 Å². The Morgan fingerprint density at radius 3 is 2.32 bits per heavy atom. The maximum Gasteiger partial charge on any atom is 0.324 e. The summed E-state index contributed by atoms with van der Waals surface area (Å²) in [6.45, 7) is 0. The number of methoxy groups -OCH3 is 1. The van der Waals surface area contributed by atoms with Crippen molar-refractivity contribution >= 4 is 11.8 Å². The molecular formula is C23H18O5. The van der Waals surface area contributed by atoms with Crippen LogP contribution < -0.4 is 0 Å². The van der Waals surface area contributed by atoms with Gasteiger partial charge in [-0.3, -0.25) is 9.59 Å². The van der Waals surface area contributed by atoms with Gasteiger partial charge in [-0.05, 0) is 28.8 Å². The van der Waals surface area contributed by atoms with E-state index >= 15 is 0 Å². The number of carbonyl (C=O) groups excluding carboxylic acids is 2. The molecule has 0 saturated heterocycles. The lowest BCUT2D eigenvalue weighted by atomic mass is 9.75. The van der Waals surface area contributed by atoms with Crippen molar-refractivity contribution in [2.45, 2.75) is 11.8 Å². The van der Waals surface area contributed by atoms with E-state index in [4.69, 9.17) is 4.74 Å². The molecule has 1 unspecified atom stereocenters. The van der Waals surface area contributed by atoms with E-state index in [9.17, 15) is 19.8 Å². The average molecular weight is 374 g/mol. The highest BCUT2D eigenvalue weighted by Crippen LogP contribution is 2.46. The molecule has 2 N–H and O–H groups in total. The molecule has 140 valence electrons. The van der Waals surface area contributed by atoms with Gasteiger partial charge in [0.05, 0.1) is 7.11 Å². The second kappa shape index (κ2) is 6.53. The number of ether oxygens (including phenoxy) is 1. The summed E-state index contributed by atoms with van der Waals surface area (Å²) < 4.78 is 5.01. The minimum Gasteiger partial charge on any atom is -0.504 e. The first-order chi connectivity index (χ1) is 13.5. The van der Waals surface area contributed by atoms with Crippen molar-refractivity contribution in [2.24, 2.45) is 0 Å². The van der Waals surface area contributed by atoms with Crippen molar-refractivity contribution in [3.8, 4) is 22.6 Å². The number of Topliss-reactive ketones (excluding diaryl/α,β-unsaturated/α-hetero) is 1. The number of ketones is 1. The molecule has 0 spiro atoms. The Hall–Kier alpha value is -3.60. The first kappa shape index (κ1) is 17.8. The number of fused-ring (bicyclic) bond motifs is 1. The lowest BCUT2D eigenvalue weighted by molar-refractivity contribution is -0.145. The van der Waals surface area contributed by atoms with Gasteiger partial charge in [-0.15, -0.1) is 0 Å². The van der Waals surface area contributed by atoms with Gasteiger partial charge >= 0.3 is 5.97 Å². The Bertz CT molecular complexity index is 1090. The van der Waals surface area contributed by atoms with Gasteiger partial charge in [-0.1, -0.05) is 54.6 Å². The van der Waals surface area contributed by atoms with Gasteiger partial charge in [0, 0.05) is 17.5 Å². The van der Waals surface area contributed by atoms with Crippen LogP contribution in [0.3, 0.4) is 0 Å². The highest BCUT2D eigenvalue weighted by atomic mass is 16.5. The molecule has 4 rings (SSSR count). The normalized spacial score (nSPS) is 18.0. The van der Waals surface area contributed by atoms with Crippen LogP contribution in [0.2, 0.25) is 0 Å². The van der Waals surface area contributed by atoms with Crippen LogP contribution >= 0.6 is 0 Å². The summed E-state index contributed by atoms with van der Waals surface area (Å²) in [6, 6.07) is 18.8. The van der Waals surface area contributed by atoms with Gasteiger partial charge in [0.2, 0.25) is 0 Å². The van der Waals surface area contributed by atoms with Gasteiger partial charge in [0.1, 0.15) is 0 Å². The SMILES string of the molecule is COC(=O)C1(c2cc(O)c(O)c(-c3ccccc3)c2)Cc2ccccc2C1=O. The number of esters is 1. The molecule has 1 aliphatic rings. The van der Waals surface area contributed by atoms with Gasteiger partial charge in [0.25, 0.3) is 0 Å². The summed E-state index contributed by atoms with van der Waals surface area (Å²) in [5.41, 5.74) is 0.874. The summed E-state index contributed by atoms with van der Waals surface area (Å²) in [4.78, 5) is 26.2. The van der Waals surface area contributed by atoms with Gasteiger partial charge in [-0.25, -0.2) is 0 Å². The van der Waals surface area contributed by atoms with Crippen LogP contribution in [0.25, 0.3) is 11.1 Å². The molecule has 1 atom stereocenters.